The molecule has 7 heteroatoms. The van der Waals surface area contributed by atoms with Crippen molar-refractivity contribution in [1.82, 2.24) is 9.13 Å². The molecule has 1 aliphatic rings. The fourth-order valence-corrected chi connectivity index (χ4v) is 3.03. The van der Waals surface area contributed by atoms with Gasteiger partial charge in [0.25, 0.3) is 0 Å². The van der Waals surface area contributed by atoms with Crippen molar-refractivity contribution in [3.63, 3.8) is 0 Å². The number of benzene rings is 2. The van der Waals surface area contributed by atoms with Gasteiger partial charge < -0.3 is 14.8 Å². The Hall–Kier alpha value is -3.22. The van der Waals surface area contributed by atoms with E-state index in [-0.39, 0.29) is 24.8 Å². The van der Waals surface area contributed by atoms with Crippen molar-refractivity contribution in [2.75, 3.05) is 12.1 Å². The second-order valence-electron chi connectivity index (χ2n) is 6.02. The molecule has 1 aromatic heterocycles. The van der Waals surface area contributed by atoms with Gasteiger partial charge in [0.1, 0.15) is 0 Å². The predicted molar refractivity (Wildman–Crippen MR) is 93.1 cm³/mol. The standard InChI is InChI=1S/C18H17N3O4/c1-20-13-5-3-11(7-14(13)21(2)18(20)23)8-17(22)19-12-4-6-15-16(9-12)25-10-24-15/h3-7,9H,8,10H2,1-2H3,(H,19,22). The maximum absolute atomic E-state index is 12.3. The second kappa shape index (κ2) is 5.70. The molecule has 1 N–H and O–H groups in total. The van der Waals surface area contributed by atoms with Crippen LogP contribution in [0.4, 0.5) is 5.69 Å². The minimum atomic E-state index is -0.140. The molecular formula is C18H17N3O4. The van der Waals surface area contributed by atoms with E-state index in [1.165, 1.54) is 0 Å². The minimum Gasteiger partial charge on any atom is -0.454 e. The van der Waals surface area contributed by atoms with Gasteiger partial charge >= 0.3 is 5.69 Å². The van der Waals surface area contributed by atoms with Crippen molar-refractivity contribution < 1.29 is 14.3 Å². The van der Waals surface area contributed by atoms with Gasteiger partial charge in [-0.1, -0.05) is 6.07 Å². The average Bonchev–Trinajstić information content (AvgIpc) is 3.14. The first-order valence-electron chi connectivity index (χ1n) is 7.87. The van der Waals surface area contributed by atoms with Crippen molar-refractivity contribution in [1.29, 1.82) is 0 Å². The van der Waals surface area contributed by atoms with Crippen molar-refractivity contribution in [3.05, 3.63) is 52.4 Å². The third kappa shape index (κ3) is 2.63. The van der Waals surface area contributed by atoms with Gasteiger partial charge in [-0.3, -0.25) is 13.9 Å². The van der Waals surface area contributed by atoms with Crippen LogP contribution in [0.3, 0.4) is 0 Å². The molecule has 0 saturated carbocycles. The van der Waals surface area contributed by atoms with Gasteiger partial charge in [-0.15, -0.1) is 0 Å². The summed E-state index contributed by atoms with van der Waals surface area (Å²) < 4.78 is 13.7. The van der Waals surface area contributed by atoms with Crippen LogP contribution in [0.5, 0.6) is 11.5 Å². The molecule has 2 aromatic carbocycles. The predicted octanol–water partition coefficient (Wildman–Crippen LogP) is 1.79. The first-order valence-corrected chi connectivity index (χ1v) is 7.87. The molecule has 0 aliphatic carbocycles. The summed E-state index contributed by atoms with van der Waals surface area (Å²) >= 11 is 0. The molecule has 2 heterocycles. The number of nitrogens with zero attached hydrogens (tertiary/aromatic N) is 2. The van der Waals surface area contributed by atoms with E-state index in [1.54, 1.807) is 41.4 Å². The van der Waals surface area contributed by atoms with E-state index in [0.29, 0.717) is 17.2 Å². The molecule has 4 rings (SSSR count). The van der Waals surface area contributed by atoms with Gasteiger partial charge in [-0.25, -0.2) is 4.79 Å². The van der Waals surface area contributed by atoms with Crippen LogP contribution in [0, 0.1) is 0 Å². The van der Waals surface area contributed by atoms with Crippen LogP contribution >= 0.6 is 0 Å². The minimum absolute atomic E-state index is 0.0861. The number of ether oxygens (including phenoxy) is 2. The number of amides is 1. The lowest BCUT2D eigenvalue weighted by molar-refractivity contribution is -0.115. The van der Waals surface area contributed by atoms with Crippen LogP contribution in [0.25, 0.3) is 11.0 Å². The normalized spacial score (nSPS) is 12.6. The highest BCUT2D eigenvalue weighted by Gasteiger charge is 2.15. The Balaban J connectivity index is 1.53. The van der Waals surface area contributed by atoms with Crippen LogP contribution in [0.2, 0.25) is 0 Å². The van der Waals surface area contributed by atoms with Crippen molar-refractivity contribution in [2.24, 2.45) is 14.1 Å². The second-order valence-corrected chi connectivity index (χ2v) is 6.02. The molecule has 128 valence electrons. The smallest absolute Gasteiger partial charge is 0.328 e. The average molecular weight is 339 g/mol. The molecule has 25 heavy (non-hydrogen) atoms. The summed E-state index contributed by atoms with van der Waals surface area (Å²) in [7, 11) is 3.46. The third-order valence-corrected chi connectivity index (χ3v) is 4.36. The summed E-state index contributed by atoms with van der Waals surface area (Å²) in [5, 5.41) is 2.85. The van der Waals surface area contributed by atoms with Crippen molar-refractivity contribution in [2.45, 2.75) is 6.42 Å². The molecule has 0 unspecified atom stereocenters. The van der Waals surface area contributed by atoms with Crippen molar-refractivity contribution in [3.8, 4) is 11.5 Å². The SMILES string of the molecule is Cn1c(=O)n(C)c2cc(CC(=O)Nc3ccc4c(c3)OCO4)ccc21. The number of carbonyl (C=O) groups is 1. The molecule has 0 atom stereocenters. The maximum atomic E-state index is 12.3. The molecule has 0 spiro atoms. The number of carbonyl (C=O) groups excluding carboxylic acids is 1. The number of aromatic nitrogens is 2. The molecule has 0 radical (unpaired) electrons. The lowest BCUT2D eigenvalue weighted by Gasteiger charge is -2.07. The van der Waals surface area contributed by atoms with Crippen LogP contribution in [-0.4, -0.2) is 21.8 Å². The van der Waals surface area contributed by atoms with Crippen LogP contribution in [-0.2, 0) is 25.3 Å². The largest absolute Gasteiger partial charge is 0.454 e. The van der Waals surface area contributed by atoms with Gasteiger partial charge in [0.05, 0.1) is 17.5 Å². The monoisotopic (exact) mass is 339 g/mol. The summed E-state index contributed by atoms with van der Waals surface area (Å²) in [5.41, 5.74) is 3.06. The molecule has 0 fully saturated rings. The summed E-state index contributed by atoms with van der Waals surface area (Å²) in [6.45, 7) is 0.197. The number of anilines is 1. The number of imidazole rings is 1. The Labute approximate surface area is 143 Å². The molecule has 1 aliphatic heterocycles. The zero-order valence-electron chi connectivity index (χ0n) is 13.9. The molecule has 7 nitrogen and oxygen atoms in total. The molecular weight excluding hydrogens is 322 g/mol. The number of fused-ring (bicyclic) bond motifs is 2. The quantitative estimate of drug-likeness (QED) is 0.789. The molecule has 0 saturated heterocycles. The van der Waals surface area contributed by atoms with Crippen LogP contribution in [0.15, 0.2) is 41.2 Å². The van der Waals surface area contributed by atoms with Gasteiger partial charge in [0.15, 0.2) is 11.5 Å². The highest BCUT2D eigenvalue weighted by atomic mass is 16.7. The lowest BCUT2D eigenvalue weighted by Crippen LogP contribution is -2.19. The summed E-state index contributed by atoms with van der Waals surface area (Å²) in [4.78, 5) is 24.3. The molecule has 1 amide bonds. The van der Waals surface area contributed by atoms with E-state index in [0.717, 1.165) is 16.6 Å². The zero-order valence-corrected chi connectivity index (χ0v) is 13.9. The molecule has 0 bridgehead atoms. The van der Waals surface area contributed by atoms with E-state index in [9.17, 15) is 9.59 Å². The Morgan fingerprint density at radius 2 is 1.80 bits per heavy atom. The Morgan fingerprint density at radius 1 is 1.04 bits per heavy atom. The van der Waals surface area contributed by atoms with Gasteiger partial charge in [0.2, 0.25) is 12.7 Å². The van der Waals surface area contributed by atoms with E-state index >= 15 is 0 Å². The van der Waals surface area contributed by atoms with E-state index in [1.807, 2.05) is 18.2 Å². The number of hydrogen-bond acceptors (Lipinski definition) is 4. The van der Waals surface area contributed by atoms with Gasteiger partial charge in [-0.2, -0.15) is 0 Å². The summed E-state index contributed by atoms with van der Waals surface area (Å²) in [6, 6.07) is 10.9. The topological polar surface area (TPSA) is 74.5 Å². The zero-order chi connectivity index (χ0) is 17.6. The van der Waals surface area contributed by atoms with Crippen molar-refractivity contribution >= 4 is 22.6 Å². The number of aryl methyl sites for hydroxylation is 2. The number of rotatable bonds is 3. The lowest BCUT2D eigenvalue weighted by atomic mass is 10.1. The highest BCUT2D eigenvalue weighted by molar-refractivity contribution is 5.93. The fraction of sp³-hybridized carbons (Fsp3) is 0.222. The van der Waals surface area contributed by atoms with Gasteiger partial charge in [-0.05, 0) is 29.8 Å². The first-order chi connectivity index (χ1) is 12.0. The molecule has 3 aromatic rings. The van der Waals surface area contributed by atoms with E-state index < -0.39 is 0 Å². The Morgan fingerprint density at radius 3 is 2.64 bits per heavy atom. The Bertz CT molecular complexity index is 1050. The van der Waals surface area contributed by atoms with Crippen LogP contribution in [0.1, 0.15) is 5.56 Å². The summed E-state index contributed by atoms with van der Waals surface area (Å²) in [6.07, 6.45) is 0.216. The van der Waals surface area contributed by atoms with Crippen LogP contribution < -0.4 is 20.5 Å². The van der Waals surface area contributed by atoms with Gasteiger partial charge in [0, 0.05) is 25.8 Å². The maximum Gasteiger partial charge on any atom is 0.328 e. The fourth-order valence-electron chi connectivity index (χ4n) is 3.03. The third-order valence-electron chi connectivity index (χ3n) is 4.36. The van der Waals surface area contributed by atoms with E-state index in [4.69, 9.17) is 9.47 Å². The Kier molecular flexibility index (Phi) is 3.49. The highest BCUT2D eigenvalue weighted by Crippen LogP contribution is 2.34. The summed E-state index contributed by atoms with van der Waals surface area (Å²) in [5.74, 6) is 1.16. The number of hydrogen-bond donors (Lipinski definition) is 1. The first kappa shape index (κ1) is 15.3. The van der Waals surface area contributed by atoms with E-state index in [2.05, 4.69) is 5.32 Å². The number of nitrogens with one attached hydrogen (secondary N) is 1.